The molecular formula is C111H90BN5. The summed E-state index contributed by atoms with van der Waals surface area (Å²) in [7, 11) is 0. The molecule has 1 aliphatic carbocycles. The lowest BCUT2D eigenvalue weighted by Crippen LogP contribution is -2.61. The third-order valence-corrected chi connectivity index (χ3v) is 26.1. The van der Waals surface area contributed by atoms with E-state index in [1.54, 1.807) is 0 Å². The van der Waals surface area contributed by atoms with Crippen LogP contribution in [0.3, 0.4) is 0 Å². The van der Waals surface area contributed by atoms with Gasteiger partial charge in [0.2, 0.25) is 0 Å². The molecule has 0 fully saturated rings. The van der Waals surface area contributed by atoms with Gasteiger partial charge in [0.1, 0.15) is 0 Å². The maximum atomic E-state index is 2.69. The molecule has 3 aliphatic rings. The number of anilines is 6. The van der Waals surface area contributed by atoms with Crippen molar-refractivity contribution in [2.75, 3.05) is 9.80 Å². The van der Waals surface area contributed by atoms with Crippen LogP contribution in [0, 0.1) is 0 Å². The smallest absolute Gasteiger partial charge is 0.252 e. The third kappa shape index (κ3) is 11.3. The van der Waals surface area contributed by atoms with Crippen LogP contribution in [0.5, 0.6) is 0 Å². The highest BCUT2D eigenvalue weighted by molar-refractivity contribution is 7.00. The first-order chi connectivity index (χ1) is 56.7. The summed E-state index contributed by atoms with van der Waals surface area (Å²) in [5.41, 5.74) is 37.8. The molecule has 0 amide bonds. The minimum Gasteiger partial charge on any atom is -0.311 e. The molecule has 0 radical (unpaired) electrons. The van der Waals surface area contributed by atoms with E-state index in [1.807, 2.05) is 0 Å². The van der Waals surface area contributed by atoms with Gasteiger partial charge in [0.05, 0.1) is 38.8 Å². The number of benzene rings is 16. The number of aromatic nitrogens is 3. The van der Waals surface area contributed by atoms with Crippen LogP contribution < -0.4 is 26.2 Å². The summed E-state index contributed by atoms with van der Waals surface area (Å²) in [4.78, 5) is 5.33. The fourth-order valence-corrected chi connectivity index (χ4v) is 20.5. The second-order valence-electron chi connectivity index (χ2n) is 36.4. The predicted molar refractivity (Wildman–Crippen MR) is 499 cm³/mol. The van der Waals surface area contributed by atoms with Gasteiger partial charge in [-0.15, -0.1) is 0 Å². The van der Waals surface area contributed by atoms with Crippen molar-refractivity contribution in [3.8, 4) is 72.7 Å². The summed E-state index contributed by atoms with van der Waals surface area (Å²) in [5.74, 6) is 0. The van der Waals surface area contributed by atoms with Gasteiger partial charge in [-0.05, 0) is 244 Å². The van der Waals surface area contributed by atoms with E-state index in [2.05, 4.69) is 445 Å². The standard InChI is InChI=1S/C111H90BN5/c1-108(2,3)80-62-81(109(4,5)6)64-85(63-80)117-104-66-84(115-101-55-44-77(72-31-19-13-20-32-72)59-91(101)92-60-78(45-56-102(92)115)73-33-21-14-22-34-73)49-52-96(104)112-95-51-48-83(114-99-53-42-75(70-27-15-11-16-28-70)57-89(99)90-58-76(43-54-100(90)114)71-29-17-12-18-30-71)65-103(95)113(82-46-39-74(40-47-82)79-41-50-93-94(61-79)111(9,10)69-110(93,7)8)105-67-86(68-106(117)107(105)112)116-97-37-25-23-35-87(97)88-36-24-26-38-98(88)116/h11-68H,69H2,1-10H3. The zero-order valence-electron chi connectivity index (χ0n) is 68.0. The lowest BCUT2D eigenvalue weighted by atomic mass is 9.33. The maximum Gasteiger partial charge on any atom is 0.252 e. The van der Waals surface area contributed by atoms with Crippen molar-refractivity contribution >= 4 is 123 Å². The second kappa shape index (κ2) is 26.1. The zero-order chi connectivity index (χ0) is 79.1. The van der Waals surface area contributed by atoms with Crippen molar-refractivity contribution in [2.45, 2.75) is 97.3 Å². The Kier molecular flexibility index (Phi) is 15.6. The molecule has 6 heteroatoms. The largest absolute Gasteiger partial charge is 0.311 e. The molecule has 0 spiro atoms. The number of hydrogen-bond donors (Lipinski definition) is 0. The van der Waals surface area contributed by atoms with Crippen LogP contribution in [0.2, 0.25) is 0 Å². The minimum absolute atomic E-state index is 0.0492. The fraction of sp³-hybridized carbons (Fsp3) is 0.135. The van der Waals surface area contributed by atoms with Gasteiger partial charge in [0.25, 0.3) is 6.71 Å². The van der Waals surface area contributed by atoms with Gasteiger partial charge in [-0.1, -0.05) is 300 Å². The van der Waals surface area contributed by atoms with E-state index in [1.165, 1.54) is 127 Å². The molecule has 117 heavy (non-hydrogen) atoms. The van der Waals surface area contributed by atoms with Crippen molar-refractivity contribution in [3.05, 3.63) is 374 Å². The molecule has 19 aromatic rings. The van der Waals surface area contributed by atoms with E-state index in [0.717, 1.165) is 90.7 Å². The topological polar surface area (TPSA) is 21.3 Å². The number of fused-ring (bicyclic) bond motifs is 14. The Morgan fingerprint density at radius 3 is 0.966 bits per heavy atom. The van der Waals surface area contributed by atoms with Crippen molar-refractivity contribution < 1.29 is 0 Å². The molecule has 2 aliphatic heterocycles. The Hall–Kier alpha value is -13.4. The normalized spacial score (nSPS) is 14.1. The van der Waals surface area contributed by atoms with E-state index in [-0.39, 0.29) is 28.4 Å². The summed E-state index contributed by atoms with van der Waals surface area (Å²) in [6, 6.07) is 134. The summed E-state index contributed by atoms with van der Waals surface area (Å²) in [5, 5.41) is 7.26. The molecule has 5 nitrogen and oxygen atoms in total. The molecule has 0 saturated carbocycles. The van der Waals surface area contributed by atoms with Gasteiger partial charge in [-0.25, -0.2) is 0 Å². The van der Waals surface area contributed by atoms with E-state index in [4.69, 9.17) is 0 Å². The van der Waals surface area contributed by atoms with Crippen molar-refractivity contribution in [2.24, 2.45) is 0 Å². The Morgan fingerprint density at radius 1 is 0.239 bits per heavy atom. The van der Waals surface area contributed by atoms with Crippen molar-refractivity contribution in [1.29, 1.82) is 0 Å². The molecule has 0 saturated heterocycles. The van der Waals surface area contributed by atoms with Gasteiger partial charge in [-0.2, -0.15) is 0 Å². The molecule has 22 rings (SSSR count). The van der Waals surface area contributed by atoms with Crippen molar-refractivity contribution in [3.63, 3.8) is 0 Å². The SMILES string of the molecule is CC(C)(C)c1cc(N2c3cc(-n4c5ccc(-c6ccccc6)cc5c5cc(-c6ccccc6)ccc54)ccc3B3c4ccc(-n5c6ccc(-c7ccccc7)cc6c6cc(-c7ccccc7)ccc65)cc4N(c4ccc(-c5ccc6c(c5)C(C)(C)CC6(C)C)cc4)c4cc(-n5c6ccccc6c6ccccc65)cc2c43)cc(C(C)(C)C)c1. The van der Waals surface area contributed by atoms with Crippen LogP contribution in [0.1, 0.15) is 97.9 Å². The van der Waals surface area contributed by atoms with Gasteiger partial charge < -0.3 is 23.5 Å². The Morgan fingerprint density at radius 2 is 0.556 bits per heavy atom. The average molecular weight is 1500 g/mol. The first kappa shape index (κ1) is 70.2. The van der Waals surface area contributed by atoms with Gasteiger partial charge in [0, 0.05) is 77.8 Å². The first-order valence-corrected chi connectivity index (χ1v) is 41.6. The molecule has 16 aromatic carbocycles. The summed E-state index contributed by atoms with van der Waals surface area (Å²) < 4.78 is 7.63. The maximum absolute atomic E-state index is 2.69. The molecule has 0 bridgehead atoms. The number of para-hydroxylation sites is 2. The zero-order valence-corrected chi connectivity index (χ0v) is 68.0. The monoisotopic (exact) mass is 1500 g/mol. The van der Waals surface area contributed by atoms with Crippen LogP contribution in [0.25, 0.3) is 138 Å². The lowest BCUT2D eigenvalue weighted by molar-refractivity contribution is 0.403. The molecule has 0 N–H and O–H groups in total. The summed E-state index contributed by atoms with van der Waals surface area (Å²) in [6.45, 7) is 23.7. The Bertz CT molecular complexity index is 7010. The third-order valence-electron chi connectivity index (χ3n) is 26.1. The quantitative estimate of drug-likeness (QED) is 0.127. The van der Waals surface area contributed by atoms with E-state index >= 15 is 0 Å². The highest BCUT2D eigenvalue weighted by Gasteiger charge is 2.46. The van der Waals surface area contributed by atoms with Gasteiger partial charge in [0.15, 0.2) is 0 Å². The van der Waals surface area contributed by atoms with E-state index in [0.29, 0.717) is 0 Å². The van der Waals surface area contributed by atoms with Crippen LogP contribution in [-0.2, 0) is 21.7 Å². The number of rotatable bonds is 10. The van der Waals surface area contributed by atoms with Crippen LogP contribution in [-0.4, -0.2) is 20.4 Å². The predicted octanol–water partition coefficient (Wildman–Crippen LogP) is 27.9. The molecule has 5 heterocycles. The highest BCUT2D eigenvalue weighted by atomic mass is 15.2. The highest BCUT2D eigenvalue weighted by Crippen LogP contribution is 2.53. The summed E-state index contributed by atoms with van der Waals surface area (Å²) >= 11 is 0. The van der Waals surface area contributed by atoms with Crippen LogP contribution in [0.15, 0.2) is 352 Å². The lowest BCUT2D eigenvalue weighted by Gasteiger charge is -2.45. The second-order valence-corrected chi connectivity index (χ2v) is 36.4. The molecular weight excluding hydrogens is 1410 g/mol. The van der Waals surface area contributed by atoms with E-state index in [9.17, 15) is 0 Å². The molecule has 562 valence electrons. The Labute approximate surface area is 685 Å². The Balaban J connectivity index is 0.848. The number of nitrogens with zero attached hydrogens (tertiary/aromatic N) is 5. The fourth-order valence-electron chi connectivity index (χ4n) is 20.5. The summed E-state index contributed by atoms with van der Waals surface area (Å²) in [6.07, 6.45) is 1.11. The van der Waals surface area contributed by atoms with Crippen LogP contribution in [0.4, 0.5) is 34.1 Å². The molecule has 3 aromatic heterocycles. The van der Waals surface area contributed by atoms with E-state index < -0.39 is 0 Å². The molecule has 0 atom stereocenters. The van der Waals surface area contributed by atoms with Crippen molar-refractivity contribution in [1.82, 2.24) is 13.7 Å². The van der Waals surface area contributed by atoms with Crippen LogP contribution >= 0.6 is 0 Å². The van der Waals surface area contributed by atoms with Gasteiger partial charge >= 0.3 is 0 Å². The first-order valence-electron chi connectivity index (χ1n) is 41.6. The van der Waals surface area contributed by atoms with Gasteiger partial charge in [-0.3, -0.25) is 0 Å². The number of hydrogen-bond acceptors (Lipinski definition) is 2. The average Bonchev–Trinajstić information content (AvgIpc) is 0.882. The molecule has 0 unspecified atom stereocenters. The minimum atomic E-state index is -0.242.